The van der Waals surface area contributed by atoms with Crippen LogP contribution in [0.4, 0.5) is 0 Å². The molecule has 4 nitrogen and oxygen atoms in total. The molecule has 0 amide bonds. The van der Waals surface area contributed by atoms with Gasteiger partial charge in [-0.1, -0.05) is 34.9 Å². The van der Waals surface area contributed by atoms with E-state index in [2.05, 4.69) is 0 Å². The molecule has 1 rings (SSSR count). The van der Waals surface area contributed by atoms with Crippen LogP contribution >= 0.6 is 8.03 Å². The molecule has 2 atom stereocenters. The van der Waals surface area contributed by atoms with Crippen LogP contribution in [0, 0.1) is 0 Å². The van der Waals surface area contributed by atoms with Crippen molar-refractivity contribution in [3.8, 4) is 0 Å². The average Bonchev–Trinajstić information content (AvgIpc) is 2.17. The summed E-state index contributed by atoms with van der Waals surface area (Å²) in [5, 5.41) is 7.04. The third-order valence-corrected chi connectivity index (χ3v) is 3.30. The summed E-state index contributed by atoms with van der Waals surface area (Å²) in [6, 6.07) is 7.88. The minimum atomic E-state index is -3.06. The van der Waals surface area contributed by atoms with Crippen molar-refractivity contribution in [3.63, 3.8) is 0 Å². The molecule has 0 bridgehead atoms. The molecule has 0 saturated carbocycles. The Bertz CT molecular complexity index is 346. The van der Waals surface area contributed by atoms with Crippen LogP contribution in [0.3, 0.4) is 0 Å². The number of carbonyl (C=O) groups is 1. The van der Waals surface area contributed by atoms with Crippen LogP contribution in [-0.2, 0) is 14.5 Å². The molecule has 1 aromatic rings. The lowest BCUT2D eigenvalue weighted by Crippen LogP contribution is -2.31. The van der Waals surface area contributed by atoms with E-state index in [-0.39, 0.29) is 5.56 Å². The lowest BCUT2D eigenvalue weighted by Gasteiger charge is -2.15. The average molecular weight is 212 g/mol. The van der Waals surface area contributed by atoms with Gasteiger partial charge in [-0.25, -0.2) is 4.79 Å². The monoisotopic (exact) mass is 212 g/mol. The molecule has 0 aliphatic rings. The van der Waals surface area contributed by atoms with E-state index < -0.39 is 19.2 Å². The molecule has 2 unspecified atom stereocenters. The Labute approximate surface area is 82.1 Å². The molecule has 0 heterocycles. The zero-order valence-electron chi connectivity index (χ0n) is 7.51. The highest BCUT2D eigenvalue weighted by atomic mass is 31.1. The molecule has 1 aromatic carbocycles. The van der Waals surface area contributed by atoms with Gasteiger partial charge in [-0.2, -0.15) is 0 Å². The van der Waals surface area contributed by atoms with Crippen LogP contribution in [0.5, 0.6) is 0 Å². The Morgan fingerprint density at radius 3 is 2.29 bits per heavy atom. The Morgan fingerprint density at radius 2 is 1.93 bits per heavy atom. The molecule has 74 valence electrons. The van der Waals surface area contributed by atoms with Gasteiger partial charge >= 0.3 is 14.0 Å². The van der Waals surface area contributed by atoms with Crippen molar-refractivity contribution in [2.24, 2.45) is 0 Å². The van der Waals surface area contributed by atoms with E-state index in [1.807, 2.05) is 0 Å². The van der Waals surface area contributed by atoms with Crippen molar-refractivity contribution < 1.29 is 19.4 Å². The van der Waals surface area contributed by atoms with E-state index in [1.54, 1.807) is 18.2 Å². The number of hydrogen-bond acceptors (Lipinski definition) is 3. The molecular weight excluding hydrogens is 203 g/mol. The predicted octanol–water partition coefficient (Wildman–Crippen LogP) is 1.09. The van der Waals surface area contributed by atoms with Gasteiger partial charge in [-0.3, -0.25) is 0 Å². The summed E-state index contributed by atoms with van der Waals surface area (Å²) in [6.07, 6.45) is 0. The van der Waals surface area contributed by atoms with Gasteiger partial charge in [0.1, 0.15) is 0 Å². The molecule has 5 heteroatoms. The van der Waals surface area contributed by atoms with Crippen LogP contribution in [0.1, 0.15) is 12.5 Å². The van der Waals surface area contributed by atoms with Crippen LogP contribution in [0.25, 0.3) is 0 Å². The first-order chi connectivity index (χ1) is 6.49. The fraction of sp³-hybridized carbons (Fsp3) is 0.222. The Balaban J connectivity index is 3.27. The molecule has 0 spiro atoms. The van der Waals surface area contributed by atoms with E-state index in [9.17, 15) is 14.3 Å². The molecule has 0 aliphatic carbocycles. The zero-order chi connectivity index (χ0) is 10.8. The highest BCUT2D eigenvalue weighted by molar-refractivity contribution is 7.39. The van der Waals surface area contributed by atoms with Gasteiger partial charge < -0.3 is 10.00 Å². The molecule has 0 aliphatic heterocycles. The fourth-order valence-electron chi connectivity index (χ4n) is 1.07. The van der Waals surface area contributed by atoms with Crippen LogP contribution in [0.2, 0.25) is 0 Å². The SMILES string of the molecule is CC(C(=O)O)(c1ccccc1)[P+](=O)[O-]. The van der Waals surface area contributed by atoms with Crippen LogP contribution in [-0.4, -0.2) is 11.1 Å². The second-order valence-electron chi connectivity index (χ2n) is 3.00. The zero-order valence-corrected chi connectivity index (χ0v) is 8.40. The number of hydrogen-bond donors (Lipinski definition) is 1. The number of carboxylic acids is 1. The van der Waals surface area contributed by atoms with Gasteiger partial charge in [0.15, 0.2) is 0 Å². The van der Waals surface area contributed by atoms with E-state index in [4.69, 9.17) is 5.11 Å². The maximum atomic E-state index is 10.9. The van der Waals surface area contributed by atoms with Gasteiger partial charge in [0, 0.05) is 12.5 Å². The maximum Gasteiger partial charge on any atom is 0.363 e. The van der Waals surface area contributed by atoms with Gasteiger partial charge in [0.05, 0.1) is 0 Å². The van der Waals surface area contributed by atoms with Crippen molar-refractivity contribution in [1.29, 1.82) is 0 Å². The van der Waals surface area contributed by atoms with Gasteiger partial charge in [0.25, 0.3) is 5.16 Å². The van der Waals surface area contributed by atoms with Crippen LogP contribution < -0.4 is 4.89 Å². The van der Waals surface area contributed by atoms with Crippen molar-refractivity contribution in [2.45, 2.75) is 12.1 Å². The topological polar surface area (TPSA) is 77.4 Å². The van der Waals surface area contributed by atoms with E-state index in [0.29, 0.717) is 0 Å². The van der Waals surface area contributed by atoms with Crippen LogP contribution in [0.15, 0.2) is 30.3 Å². The highest BCUT2D eigenvalue weighted by Gasteiger charge is 2.48. The van der Waals surface area contributed by atoms with Crippen molar-refractivity contribution in [3.05, 3.63) is 35.9 Å². The standard InChI is InChI=1S/C9H9O4P/c1-9(8(10)11,14(12)13)7-5-3-2-4-6-7/h2-6H,1H3,(H,10,11). The summed E-state index contributed by atoms with van der Waals surface area (Å²) >= 11 is 0. The van der Waals surface area contributed by atoms with Gasteiger partial charge in [0.2, 0.25) is 0 Å². The third kappa shape index (κ3) is 1.67. The number of benzene rings is 1. The summed E-state index contributed by atoms with van der Waals surface area (Å²) < 4.78 is 10.9. The Hall–Kier alpha value is -1.25. The second-order valence-corrected chi connectivity index (χ2v) is 4.41. The smallest absolute Gasteiger partial charge is 0.363 e. The summed E-state index contributed by atoms with van der Waals surface area (Å²) in [4.78, 5) is 21.8. The van der Waals surface area contributed by atoms with Crippen molar-refractivity contribution in [1.82, 2.24) is 0 Å². The largest absolute Gasteiger partial charge is 0.594 e. The molecule has 14 heavy (non-hydrogen) atoms. The number of carboxylic acid groups (broad SMARTS) is 1. The first-order valence-corrected chi connectivity index (χ1v) is 5.10. The van der Waals surface area contributed by atoms with Crippen molar-refractivity contribution in [2.75, 3.05) is 0 Å². The number of aliphatic carboxylic acids is 1. The minimum absolute atomic E-state index is 0.267. The Kier molecular flexibility index (Phi) is 2.99. The third-order valence-electron chi connectivity index (χ3n) is 2.12. The first kappa shape index (κ1) is 10.8. The lowest BCUT2D eigenvalue weighted by atomic mass is 10.0. The molecule has 0 saturated heterocycles. The molecule has 0 aromatic heterocycles. The maximum absolute atomic E-state index is 10.9. The first-order valence-electron chi connectivity index (χ1n) is 3.93. The molecule has 1 N–H and O–H groups in total. The molecule has 0 radical (unpaired) electrons. The summed E-state index contributed by atoms with van der Waals surface area (Å²) in [5.74, 6) is -1.36. The number of rotatable bonds is 3. The van der Waals surface area contributed by atoms with Gasteiger partial charge in [-0.05, 0) is 0 Å². The van der Waals surface area contributed by atoms with Gasteiger partial charge in [-0.15, -0.1) is 0 Å². The van der Waals surface area contributed by atoms with E-state index in [0.717, 1.165) is 0 Å². The second kappa shape index (κ2) is 3.86. The summed E-state index contributed by atoms with van der Waals surface area (Å²) in [6.45, 7) is 1.18. The Morgan fingerprint density at radius 1 is 1.43 bits per heavy atom. The molecular formula is C9H9O4P. The van der Waals surface area contributed by atoms with E-state index in [1.165, 1.54) is 19.1 Å². The van der Waals surface area contributed by atoms with Crippen molar-refractivity contribution >= 4 is 14.0 Å². The quantitative estimate of drug-likeness (QED) is 0.760. The summed E-state index contributed by atoms with van der Waals surface area (Å²) in [5.41, 5.74) is 0.267. The normalized spacial score (nSPS) is 15.7. The lowest BCUT2D eigenvalue weighted by molar-refractivity contribution is -0.173. The summed E-state index contributed by atoms with van der Waals surface area (Å²) in [7, 11) is -3.06. The fourth-order valence-corrected chi connectivity index (χ4v) is 1.59. The molecule has 0 fully saturated rings. The van der Waals surface area contributed by atoms with E-state index >= 15 is 0 Å². The minimum Gasteiger partial charge on any atom is -0.594 e. The predicted molar refractivity (Wildman–Crippen MR) is 49.0 cm³/mol. The highest BCUT2D eigenvalue weighted by Crippen LogP contribution is 2.41.